The number of amides is 1. The maximum atomic E-state index is 13.3. The van der Waals surface area contributed by atoms with Gasteiger partial charge in [-0.25, -0.2) is 19.7 Å². The molecule has 0 aliphatic carbocycles. The Balaban J connectivity index is 0.00000400. The molecular weight excluding hydrogens is 492 g/mol. The number of carbonyl (C=O) groups is 1. The van der Waals surface area contributed by atoms with Crippen molar-refractivity contribution in [3.63, 3.8) is 0 Å². The lowest BCUT2D eigenvalue weighted by Crippen LogP contribution is -2.41. The van der Waals surface area contributed by atoms with Gasteiger partial charge >= 0.3 is 0 Å². The second kappa shape index (κ2) is 10.3. The lowest BCUT2D eigenvalue weighted by Gasteiger charge is -2.34. The van der Waals surface area contributed by atoms with Crippen LogP contribution in [-0.2, 0) is 10.0 Å². The summed E-state index contributed by atoms with van der Waals surface area (Å²) in [5.41, 5.74) is 6.63. The smallest absolute Gasteiger partial charge is 0.281 e. The van der Waals surface area contributed by atoms with Gasteiger partial charge in [0, 0.05) is 19.6 Å². The number of rotatable bonds is 8. The van der Waals surface area contributed by atoms with E-state index in [2.05, 4.69) is 42.4 Å². The summed E-state index contributed by atoms with van der Waals surface area (Å²) >= 11 is 0. The van der Waals surface area contributed by atoms with Gasteiger partial charge in [0.1, 0.15) is 11.6 Å². The van der Waals surface area contributed by atoms with Crippen LogP contribution in [0.1, 0.15) is 52.3 Å². The zero-order chi connectivity index (χ0) is 26.8. The lowest BCUT2D eigenvalue weighted by atomic mass is 10.0. The van der Waals surface area contributed by atoms with E-state index >= 15 is 0 Å². The predicted molar refractivity (Wildman–Crippen MR) is 144 cm³/mol. The SMILES string of the molecule is CC(C)COc1cccc(-c2ccc(C(=O)NS(=O)(=O)c3cccc(N)n3)c(N3CCCC3(C)C)n2)n1.[HH]. The fourth-order valence-corrected chi connectivity index (χ4v) is 5.12. The molecule has 0 radical (unpaired) electrons. The van der Waals surface area contributed by atoms with Gasteiger partial charge in [-0.15, -0.1) is 0 Å². The van der Waals surface area contributed by atoms with Gasteiger partial charge in [-0.05, 0) is 62.9 Å². The summed E-state index contributed by atoms with van der Waals surface area (Å²) in [6.45, 7) is 9.47. The molecule has 1 aliphatic heterocycles. The molecule has 4 rings (SSSR count). The molecule has 198 valence electrons. The molecule has 0 atom stereocenters. The number of sulfonamides is 1. The molecule has 4 heterocycles. The Morgan fingerprint density at radius 2 is 1.84 bits per heavy atom. The van der Waals surface area contributed by atoms with Crippen LogP contribution in [0.5, 0.6) is 5.88 Å². The van der Waals surface area contributed by atoms with Crippen molar-refractivity contribution in [1.82, 2.24) is 19.7 Å². The molecule has 10 nitrogen and oxygen atoms in total. The first-order valence-electron chi connectivity index (χ1n) is 12.1. The minimum Gasteiger partial charge on any atom is -0.477 e. The molecule has 11 heteroatoms. The van der Waals surface area contributed by atoms with Crippen molar-refractivity contribution in [2.75, 3.05) is 23.8 Å². The van der Waals surface area contributed by atoms with E-state index in [1.54, 1.807) is 18.2 Å². The molecule has 0 unspecified atom stereocenters. The number of aromatic nitrogens is 3. The van der Waals surface area contributed by atoms with Crippen molar-refractivity contribution in [1.29, 1.82) is 0 Å². The third-order valence-corrected chi connectivity index (χ3v) is 7.31. The van der Waals surface area contributed by atoms with Crippen LogP contribution in [0.3, 0.4) is 0 Å². The van der Waals surface area contributed by atoms with Crippen LogP contribution in [-0.4, -0.2) is 48.0 Å². The second-order valence-corrected chi connectivity index (χ2v) is 11.7. The zero-order valence-corrected chi connectivity index (χ0v) is 22.2. The van der Waals surface area contributed by atoms with Crippen LogP contribution in [0.2, 0.25) is 0 Å². The number of nitrogens with two attached hydrogens (primary N) is 1. The van der Waals surface area contributed by atoms with Crippen molar-refractivity contribution in [2.24, 2.45) is 5.92 Å². The lowest BCUT2D eigenvalue weighted by molar-refractivity contribution is 0.0981. The number of ether oxygens (including phenoxy) is 1. The topological polar surface area (TPSA) is 140 Å². The Morgan fingerprint density at radius 3 is 2.51 bits per heavy atom. The van der Waals surface area contributed by atoms with Crippen LogP contribution in [0.25, 0.3) is 11.4 Å². The van der Waals surface area contributed by atoms with Crippen LogP contribution >= 0.6 is 0 Å². The van der Waals surface area contributed by atoms with E-state index in [0.717, 1.165) is 12.8 Å². The molecule has 1 amide bonds. The Bertz CT molecular complexity index is 1410. The Hall–Kier alpha value is -3.73. The molecule has 3 aromatic rings. The van der Waals surface area contributed by atoms with E-state index in [4.69, 9.17) is 15.5 Å². The number of pyridine rings is 3. The second-order valence-electron chi connectivity index (χ2n) is 10.0. The third-order valence-electron chi connectivity index (χ3n) is 6.07. The number of hydrogen-bond donors (Lipinski definition) is 2. The summed E-state index contributed by atoms with van der Waals surface area (Å²) in [7, 11) is -4.25. The number of anilines is 2. The van der Waals surface area contributed by atoms with E-state index in [1.807, 2.05) is 17.0 Å². The van der Waals surface area contributed by atoms with Crippen molar-refractivity contribution in [2.45, 2.75) is 51.1 Å². The molecule has 37 heavy (non-hydrogen) atoms. The van der Waals surface area contributed by atoms with Gasteiger partial charge in [-0.2, -0.15) is 8.42 Å². The normalized spacial score (nSPS) is 15.1. The molecule has 0 bridgehead atoms. The van der Waals surface area contributed by atoms with Gasteiger partial charge < -0.3 is 15.4 Å². The first kappa shape index (κ1) is 26.3. The van der Waals surface area contributed by atoms with Crippen LogP contribution < -0.4 is 20.1 Å². The first-order valence-corrected chi connectivity index (χ1v) is 13.6. The predicted octanol–water partition coefficient (Wildman–Crippen LogP) is 3.90. The average molecular weight is 527 g/mol. The molecule has 1 aliphatic rings. The maximum Gasteiger partial charge on any atom is 0.281 e. The largest absolute Gasteiger partial charge is 0.477 e. The standard InChI is InChI=1S/C26H32N6O4S.H2/c1-17(2)16-36-22-10-5-8-19(28-22)20-13-12-18(24(29-20)32-15-7-14-26(32,3)4)25(33)31-37(34,35)23-11-6-9-21(27)30-23;/h5-6,8-13,17H,7,14-16H2,1-4H3,(H2,27,30)(H,31,33);1H. The average Bonchev–Trinajstić information content (AvgIpc) is 3.21. The molecule has 0 spiro atoms. The van der Waals surface area contributed by atoms with E-state index < -0.39 is 15.9 Å². The Morgan fingerprint density at radius 1 is 1.11 bits per heavy atom. The van der Waals surface area contributed by atoms with Crippen molar-refractivity contribution in [3.05, 3.63) is 54.1 Å². The van der Waals surface area contributed by atoms with Crippen molar-refractivity contribution >= 4 is 27.6 Å². The van der Waals surface area contributed by atoms with Crippen LogP contribution in [0.15, 0.2) is 53.6 Å². The van der Waals surface area contributed by atoms with Crippen molar-refractivity contribution in [3.8, 4) is 17.3 Å². The van der Waals surface area contributed by atoms with E-state index in [1.165, 1.54) is 18.2 Å². The van der Waals surface area contributed by atoms with E-state index in [9.17, 15) is 13.2 Å². The fourth-order valence-electron chi connectivity index (χ4n) is 4.17. The summed E-state index contributed by atoms with van der Waals surface area (Å²) in [5.74, 6) is 0.460. The first-order chi connectivity index (χ1) is 17.5. The minimum absolute atomic E-state index is 0. The highest BCUT2D eigenvalue weighted by Gasteiger charge is 2.36. The van der Waals surface area contributed by atoms with Crippen molar-refractivity contribution < 1.29 is 19.4 Å². The quantitative estimate of drug-likeness (QED) is 0.447. The summed E-state index contributed by atoms with van der Waals surface area (Å²) in [4.78, 5) is 28.6. The highest BCUT2D eigenvalue weighted by Crippen LogP contribution is 2.36. The summed E-state index contributed by atoms with van der Waals surface area (Å²) in [6, 6.07) is 12.9. The number of nitrogens with zero attached hydrogens (tertiary/aromatic N) is 4. The van der Waals surface area contributed by atoms with Gasteiger partial charge in [0.2, 0.25) is 5.88 Å². The summed E-state index contributed by atoms with van der Waals surface area (Å²) < 4.78 is 33.6. The van der Waals surface area contributed by atoms with Gasteiger partial charge in [0.15, 0.2) is 5.03 Å². The molecule has 0 saturated carbocycles. The number of nitrogen functional groups attached to an aromatic ring is 1. The fraction of sp³-hybridized carbons (Fsp3) is 0.385. The van der Waals surface area contributed by atoms with Crippen LogP contribution in [0, 0.1) is 5.92 Å². The molecule has 3 aromatic heterocycles. The number of hydrogen-bond acceptors (Lipinski definition) is 9. The third kappa shape index (κ3) is 5.99. The number of nitrogens with one attached hydrogen (secondary N) is 1. The minimum atomic E-state index is -4.25. The molecule has 0 aromatic carbocycles. The van der Waals surface area contributed by atoms with Gasteiger partial charge in [-0.1, -0.05) is 26.0 Å². The maximum absolute atomic E-state index is 13.3. The van der Waals surface area contributed by atoms with Gasteiger partial charge in [0.25, 0.3) is 15.9 Å². The molecular formula is C26H34N6O4S. The van der Waals surface area contributed by atoms with Gasteiger partial charge in [-0.3, -0.25) is 4.79 Å². The van der Waals surface area contributed by atoms with E-state index in [0.29, 0.717) is 42.2 Å². The molecule has 1 saturated heterocycles. The Kier molecular flexibility index (Phi) is 7.35. The Labute approximate surface area is 218 Å². The highest BCUT2D eigenvalue weighted by atomic mass is 32.2. The monoisotopic (exact) mass is 526 g/mol. The van der Waals surface area contributed by atoms with Gasteiger partial charge in [0.05, 0.1) is 23.6 Å². The van der Waals surface area contributed by atoms with E-state index in [-0.39, 0.29) is 23.4 Å². The summed E-state index contributed by atoms with van der Waals surface area (Å²) in [6.07, 6.45) is 1.82. The zero-order valence-electron chi connectivity index (χ0n) is 21.4. The molecule has 3 N–H and O–H groups in total. The number of carbonyl (C=O) groups excluding carboxylic acids is 1. The highest BCUT2D eigenvalue weighted by molar-refractivity contribution is 7.90. The summed E-state index contributed by atoms with van der Waals surface area (Å²) in [5, 5.41) is -0.337. The molecule has 1 fully saturated rings. The van der Waals surface area contributed by atoms with Crippen LogP contribution in [0.4, 0.5) is 11.6 Å².